The van der Waals surface area contributed by atoms with Gasteiger partial charge in [0.1, 0.15) is 5.82 Å². The third-order valence-corrected chi connectivity index (χ3v) is 5.27. The van der Waals surface area contributed by atoms with Crippen LogP contribution in [-0.4, -0.2) is 56.4 Å². The largest absolute Gasteiger partial charge is 0.360 e. The first-order valence-electron chi connectivity index (χ1n) is 9.60. The molecule has 1 saturated heterocycles. The maximum atomic E-state index is 13.0. The summed E-state index contributed by atoms with van der Waals surface area (Å²) in [6.07, 6.45) is 0. The molecule has 1 fully saturated rings. The summed E-state index contributed by atoms with van der Waals surface area (Å²) in [5.41, 5.74) is 2.76. The van der Waals surface area contributed by atoms with Crippen molar-refractivity contribution >= 4 is 17.4 Å². The second-order valence-electron chi connectivity index (χ2n) is 7.39. The lowest BCUT2D eigenvalue weighted by Gasteiger charge is -2.34. The lowest BCUT2D eigenvalue weighted by atomic mass is 10.1. The Hall–Kier alpha value is -2.73. The van der Waals surface area contributed by atoms with Gasteiger partial charge in [-0.3, -0.25) is 9.59 Å². The topological polar surface area (TPSA) is 45.1 Å². The highest BCUT2D eigenvalue weighted by molar-refractivity contribution is 5.94. The van der Waals surface area contributed by atoms with Crippen LogP contribution < -0.4 is 9.80 Å². The van der Waals surface area contributed by atoms with Crippen LogP contribution >= 0.6 is 0 Å². The number of benzene rings is 2. The van der Waals surface area contributed by atoms with Crippen LogP contribution in [0.1, 0.15) is 22.8 Å². The molecule has 6 heteroatoms. The van der Waals surface area contributed by atoms with E-state index < -0.39 is 0 Å². The fraction of sp³-hybridized carbons (Fsp3) is 0.364. The zero-order valence-corrected chi connectivity index (χ0v) is 16.5. The van der Waals surface area contributed by atoms with Gasteiger partial charge in [0, 0.05) is 24.8 Å². The summed E-state index contributed by atoms with van der Waals surface area (Å²) < 4.78 is 13.0. The van der Waals surface area contributed by atoms with E-state index in [2.05, 4.69) is 4.90 Å². The van der Waals surface area contributed by atoms with Crippen molar-refractivity contribution in [3.63, 3.8) is 0 Å². The molecule has 1 N–H and O–H groups in total. The molecule has 1 heterocycles. The van der Waals surface area contributed by atoms with E-state index in [9.17, 15) is 14.0 Å². The Morgan fingerprint density at radius 2 is 1.64 bits per heavy atom. The predicted octanol–water partition coefficient (Wildman–Crippen LogP) is 1.39. The molecule has 148 valence electrons. The highest BCUT2D eigenvalue weighted by Gasteiger charge is 2.24. The summed E-state index contributed by atoms with van der Waals surface area (Å²) in [4.78, 5) is 29.2. The van der Waals surface area contributed by atoms with Gasteiger partial charge >= 0.3 is 0 Å². The van der Waals surface area contributed by atoms with Gasteiger partial charge in [0.25, 0.3) is 5.91 Å². The van der Waals surface area contributed by atoms with E-state index in [1.807, 2.05) is 24.3 Å². The first kappa shape index (κ1) is 20.0. The van der Waals surface area contributed by atoms with Crippen LogP contribution in [0, 0.1) is 5.82 Å². The molecule has 0 atom stereocenters. The summed E-state index contributed by atoms with van der Waals surface area (Å²) in [5.74, 6) is -0.0985. The minimum Gasteiger partial charge on any atom is -0.360 e. The molecule has 28 heavy (non-hydrogen) atoms. The van der Waals surface area contributed by atoms with Crippen molar-refractivity contribution in [3.05, 3.63) is 65.5 Å². The number of hydrogen-bond acceptors (Lipinski definition) is 3. The summed E-state index contributed by atoms with van der Waals surface area (Å²) in [7, 11) is 1.79. The van der Waals surface area contributed by atoms with Gasteiger partial charge in [0.15, 0.2) is 12.3 Å². The van der Waals surface area contributed by atoms with Gasteiger partial charge in [0.05, 0.1) is 26.2 Å². The molecule has 0 spiro atoms. The number of anilines is 1. The zero-order valence-electron chi connectivity index (χ0n) is 16.5. The molecular formula is C22H27FN3O2+. The van der Waals surface area contributed by atoms with E-state index in [0.717, 1.165) is 43.0 Å². The number of piperazine rings is 1. The van der Waals surface area contributed by atoms with Crippen molar-refractivity contribution in [3.8, 4) is 0 Å². The maximum Gasteiger partial charge on any atom is 0.277 e. The minimum atomic E-state index is -0.268. The van der Waals surface area contributed by atoms with Crippen LogP contribution in [0.25, 0.3) is 0 Å². The highest BCUT2D eigenvalue weighted by atomic mass is 19.1. The van der Waals surface area contributed by atoms with Crippen molar-refractivity contribution in [2.75, 3.05) is 44.7 Å². The van der Waals surface area contributed by atoms with Crippen LogP contribution in [-0.2, 0) is 11.3 Å². The molecule has 0 bridgehead atoms. The number of halogens is 1. The molecule has 0 unspecified atom stereocenters. The van der Waals surface area contributed by atoms with Crippen LogP contribution in [0.2, 0.25) is 0 Å². The molecule has 2 aromatic carbocycles. The monoisotopic (exact) mass is 384 g/mol. The van der Waals surface area contributed by atoms with Crippen molar-refractivity contribution in [1.29, 1.82) is 0 Å². The van der Waals surface area contributed by atoms with Gasteiger partial charge < -0.3 is 14.7 Å². The number of quaternary nitrogens is 1. The molecule has 0 aliphatic carbocycles. The first-order valence-corrected chi connectivity index (χ1v) is 9.60. The Kier molecular flexibility index (Phi) is 6.41. The number of nitrogens with one attached hydrogen (secondary N) is 1. The van der Waals surface area contributed by atoms with E-state index in [4.69, 9.17) is 0 Å². The second-order valence-corrected chi connectivity index (χ2v) is 7.39. The Balaban J connectivity index is 1.47. The third kappa shape index (κ3) is 5.16. The number of ketones is 1. The van der Waals surface area contributed by atoms with E-state index in [1.165, 1.54) is 17.0 Å². The quantitative estimate of drug-likeness (QED) is 0.766. The Morgan fingerprint density at radius 3 is 2.21 bits per heavy atom. The standard InChI is InChI=1S/C22H26FN3O2/c1-17(27)19-5-9-21(10-6-19)26-13-11-25(12-14-26)16-22(28)24(2)15-18-3-7-20(23)8-4-18/h3-10H,11-16H2,1-2H3/p+1. The third-order valence-electron chi connectivity index (χ3n) is 5.27. The molecule has 0 aromatic heterocycles. The Morgan fingerprint density at radius 1 is 1.04 bits per heavy atom. The van der Waals surface area contributed by atoms with Crippen LogP contribution in [0.4, 0.5) is 10.1 Å². The Labute approximate surface area is 165 Å². The van der Waals surface area contributed by atoms with Gasteiger partial charge in [-0.05, 0) is 48.9 Å². The van der Waals surface area contributed by atoms with Gasteiger partial charge in [-0.25, -0.2) is 4.39 Å². The fourth-order valence-electron chi connectivity index (χ4n) is 3.47. The highest BCUT2D eigenvalue weighted by Crippen LogP contribution is 2.15. The van der Waals surface area contributed by atoms with Gasteiger partial charge in [-0.2, -0.15) is 0 Å². The number of amides is 1. The molecule has 0 radical (unpaired) electrons. The zero-order chi connectivity index (χ0) is 20.1. The number of carbonyl (C=O) groups excluding carboxylic acids is 2. The van der Waals surface area contributed by atoms with Gasteiger partial charge in [-0.15, -0.1) is 0 Å². The number of likely N-dealkylation sites (N-methyl/N-ethyl adjacent to an activating group) is 1. The van der Waals surface area contributed by atoms with Crippen molar-refractivity contribution < 1.29 is 18.9 Å². The first-order chi connectivity index (χ1) is 13.4. The number of rotatable bonds is 6. The van der Waals surface area contributed by atoms with Gasteiger partial charge in [0.2, 0.25) is 0 Å². The molecule has 1 amide bonds. The van der Waals surface area contributed by atoms with Gasteiger partial charge in [-0.1, -0.05) is 12.1 Å². The normalized spacial score (nSPS) is 14.8. The second kappa shape index (κ2) is 8.97. The molecule has 0 saturated carbocycles. The summed E-state index contributed by atoms with van der Waals surface area (Å²) in [6.45, 7) is 6.07. The fourth-order valence-corrected chi connectivity index (χ4v) is 3.47. The number of carbonyl (C=O) groups is 2. The summed E-state index contributed by atoms with van der Waals surface area (Å²) in [6, 6.07) is 14.0. The maximum absolute atomic E-state index is 13.0. The van der Waals surface area contributed by atoms with E-state index >= 15 is 0 Å². The molecule has 2 aromatic rings. The summed E-state index contributed by atoms with van der Waals surface area (Å²) >= 11 is 0. The van der Waals surface area contributed by atoms with Crippen molar-refractivity contribution in [2.24, 2.45) is 0 Å². The lowest BCUT2D eigenvalue weighted by Crippen LogP contribution is -3.15. The molecule has 3 rings (SSSR count). The molecule has 5 nitrogen and oxygen atoms in total. The smallest absolute Gasteiger partial charge is 0.277 e. The lowest BCUT2D eigenvalue weighted by molar-refractivity contribution is -0.892. The predicted molar refractivity (Wildman–Crippen MR) is 107 cm³/mol. The number of hydrogen-bond donors (Lipinski definition) is 1. The van der Waals surface area contributed by atoms with E-state index in [-0.39, 0.29) is 17.5 Å². The van der Waals surface area contributed by atoms with E-state index in [1.54, 1.807) is 31.0 Å². The van der Waals surface area contributed by atoms with Crippen molar-refractivity contribution in [2.45, 2.75) is 13.5 Å². The molecule has 1 aliphatic rings. The molecular weight excluding hydrogens is 357 g/mol. The number of Topliss-reactive ketones (excluding diaryl/α,β-unsaturated/α-hetero) is 1. The average Bonchev–Trinajstić information content (AvgIpc) is 2.70. The number of nitrogens with zero attached hydrogens (tertiary/aromatic N) is 2. The van der Waals surface area contributed by atoms with Crippen LogP contribution in [0.15, 0.2) is 48.5 Å². The average molecular weight is 384 g/mol. The van der Waals surface area contributed by atoms with Crippen LogP contribution in [0.5, 0.6) is 0 Å². The van der Waals surface area contributed by atoms with E-state index in [0.29, 0.717) is 13.1 Å². The van der Waals surface area contributed by atoms with Crippen LogP contribution in [0.3, 0.4) is 0 Å². The Bertz CT molecular complexity index is 813. The van der Waals surface area contributed by atoms with Crippen molar-refractivity contribution in [1.82, 2.24) is 4.90 Å². The molecule has 1 aliphatic heterocycles. The SMILES string of the molecule is CC(=O)c1ccc(N2CC[NH+](CC(=O)N(C)Cc3ccc(F)cc3)CC2)cc1. The minimum absolute atomic E-state index is 0.0732. The summed E-state index contributed by atoms with van der Waals surface area (Å²) in [5, 5.41) is 0.